The lowest BCUT2D eigenvalue weighted by atomic mass is 10.1. The summed E-state index contributed by atoms with van der Waals surface area (Å²) in [5.74, 6) is 0.508. The van der Waals surface area contributed by atoms with Crippen LogP contribution >= 0.6 is 24.0 Å². The van der Waals surface area contributed by atoms with Crippen molar-refractivity contribution in [2.24, 2.45) is 0 Å². The predicted molar refractivity (Wildman–Crippen MR) is 142 cm³/mol. The van der Waals surface area contributed by atoms with Gasteiger partial charge in [0.05, 0.1) is 34.7 Å². The van der Waals surface area contributed by atoms with Gasteiger partial charge in [0.25, 0.3) is 5.91 Å². The lowest BCUT2D eigenvalue weighted by Gasteiger charge is -2.20. The molecule has 2 fully saturated rings. The highest BCUT2D eigenvalue weighted by atomic mass is 32.2. The molecule has 0 unspecified atom stereocenters. The Kier molecular flexibility index (Phi) is 6.52. The average Bonchev–Trinajstić information content (AvgIpc) is 3.50. The Labute approximate surface area is 213 Å². The lowest BCUT2D eigenvalue weighted by Crippen LogP contribution is -2.39. The molecule has 2 aromatic carbocycles. The van der Waals surface area contributed by atoms with Gasteiger partial charge in [-0.15, -0.1) is 0 Å². The third-order valence-electron chi connectivity index (χ3n) is 5.87. The minimum Gasteiger partial charge on any atom is -0.494 e. The molecule has 1 aromatic heterocycles. The highest BCUT2D eigenvalue weighted by molar-refractivity contribution is 8.26. The molecule has 0 N–H and O–H groups in total. The van der Waals surface area contributed by atoms with Crippen molar-refractivity contribution in [1.82, 2.24) is 14.7 Å². The van der Waals surface area contributed by atoms with Crippen LogP contribution in [0.5, 0.6) is 5.75 Å². The number of carbonyl (C=O) groups is 1. The minimum atomic E-state index is -3.14. The normalized spacial score (nSPS) is 20.7. The lowest BCUT2D eigenvalue weighted by molar-refractivity contribution is -0.123. The topological polar surface area (TPSA) is 81.5 Å². The van der Waals surface area contributed by atoms with Crippen molar-refractivity contribution in [3.63, 3.8) is 0 Å². The molecular formula is C25H23N3O4S3. The van der Waals surface area contributed by atoms with Crippen LogP contribution in [0.25, 0.3) is 23.0 Å². The summed E-state index contributed by atoms with van der Waals surface area (Å²) >= 11 is 6.67. The molecule has 3 aromatic rings. The van der Waals surface area contributed by atoms with Crippen molar-refractivity contribution in [2.45, 2.75) is 19.4 Å². The molecule has 0 saturated carbocycles. The van der Waals surface area contributed by atoms with E-state index in [1.807, 2.05) is 67.7 Å². The highest BCUT2D eigenvalue weighted by Gasteiger charge is 2.42. The molecule has 180 valence electrons. The fourth-order valence-electron chi connectivity index (χ4n) is 4.24. The molecule has 2 aliphatic rings. The molecule has 35 heavy (non-hydrogen) atoms. The fraction of sp³-hybridized carbons (Fsp3) is 0.240. The van der Waals surface area contributed by atoms with Crippen LogP contribution in [-0.2, 0) is 14.6 Å². The highest BCUT2D eigenvalue weighted by Crippen LogP contribution is 2.38. The number of nitrogens with zero attached hydrogens (tertiary/aromatic N) is 3. The average molecular weight is 526 g/mol. The maximum atomic E-state index is 13.3. The van der Waals surface area contributed by atoms with Gasteiger partial charge < -0.3 is 4.74 Å². The number of thioether (sulfide) groups is 1. The van der Waals surface area contributed by atoms with Crippen molar-refractivity contribution in [3.8, 4) is 22.7 Å². The van der Waals surface area contributed by atoms with E-state index in [9.17, 15) is 13.2 Å². The summed E-state index contributed by atoms with van der Waals surface area (Å²) in [4.78, 5) is 15.2. The van der Waals surface area contributed by atoms with Crippen molar-refractivity contribution in [3.05, 3.63) is 71.3 Å². The van der Waals surface area contributed by atoms with E-state index in [-0.39, 0.29) is 17.4 Å². The number of hydrogen-bond donors (Lipinski definition) is 0. The molecule has 7 nitrogen and oxygen atoms in total. The first-order chi connectivity index (χ1) is 16.8. The first-order valence-corrected chi connectivity index (χ1v) is 14.2. The number of ether oxygens (including phenoxy) is 1. The molecule has 0 bridgehead atoms. The molecule has 0 spiro atoms. The van der Waals surface area contributed by atoms with E-state index in [0.29, 0.717) is 27.9 Å². The Morgan fingerprint density at radius 1 is 1.20 bits per heavy atom. The Hall–Kier alpha value is -2.95. The van der Waals surface area contributed by atoms with Gasteiger partial charge in [0.2, 0.25) is 0 Å². The maximum Gasteiger partial charge on any atom is 0.266 e. The first-order valence-electron chi connectivity index (χ1n) is 11.2. The van der Waals surface area contributed by atoms with Crippen LogP contribution in [0, 0.1) is 0 Å². The molecule has 10 heteroatoms. The largest absolute Gasteiger partial charge is 0.494 e. The van der Waals surface area contributed by atoms with Gasteiger partial charge >= 0.3 is 0 Å². The Morgan fingerprint density at radius 2 is 2.00 bits per heavy atom. The van der Waals surface area contributed by atoms with Crippen molar-refractivity contribution in [2.75, 3.05) is 18.1 Å². The summed E-state index contributed by atoms with van der Waals surface area (Å²) in [7, 11) is -3.14. The van der Waals surface area contributed by atoms with Gasteiger partial charge in [-0.05, 0) is 43.7 Å². The molecule has 0 aliphatic carbocycles. The quantitative estimate of drug-likeness (QED) is 0.350. The van der Waals surface area contributed by atoms with Crippen LogP contribution in [0.15, 0.2) is 65.7 Å². The van der Waals surface area contributed by atoms with E-state index in [2.05, 4.69) is 0 Å². The Bertz CT molecular complexity index is 1430. The van der Waals surface area contributed by atoms with Crippen LogP contribution in [0.2, 0.25) is 0 Å². The number of amides is 1. The second-order valence-electron chi connectivity index (χ2n) is 8.28. The van der Waals surface area contributed by atoms with E-state index in [4.69, 9.17) is 22.1 Å². The molecule has 5 rings (SSSR count). The van der Waals surface area contributed by atoms with Crippen LogP contribution in [-0.4, -0.2) is 57.5 Å². The number of para-hydroxylation sites is 1. The molecule has 1 atom stereocenters. The van der Waals surface area contributed by atoms with Crippen LogP contribution in [0.1, 0.15) is 18.9 Å². The number of carbonyl (C=O) groups excluding carboxylic acids is 1. The van der Waals surface area contributed by atoms with Crippen molar-refractivity contribution >= 4 is 50.1 Å². The maximum absolute atomic E-state index is 13.3. The summed E-state index contributed by atoms with van der Waals surface area (Å²) < 4.78 is 31.8. The summed E-state index contributed by atoms with van der Waals surface area (Å²) in [6.07, 6.45) is 4.08. The third-order valence-corrected chi connectivity index (χ3v) is 8.95. The van der Waals surface area contributed by atoms with E-state index in [0.717, 1.165) is 22.6 Å². The van der Waals surface area contributed by atoms with Gasteiger partial charge in [0, 0.05) is 17.3 Å². The van der Waals surface area contributed by atoms with Gasteiger partial charge in [0.15, 0.2) is 9.84 Å². The zero-order valence-corrected chi connectivity index (χ0v) is 21.4. The standard InChI is InChI=1S/C25H23N3O4S3/c1-2-32-21-10-6-7-17(13-21)23-18(15-27(26-23)19-8-4-3-5-9-19)14-22-24(29)28(25(33)34-22)20-11-12-35(30,31)16-20/h3-10,13-15,20H,2,11-12,16H2,1H3/b22-14+/t20-/m1/s1. The van der Waals surface area contributed by atoms with E-state index >= 15 is 0 Å². The van der Waals surface area contributed by atoms with Gasteiger partial charge in [-0.1, -0.05) is 54.3 Å². The second-order valence-corrected chi connectivity index (χ2v) is 12.2. The number of thiocarbonyl (C=S) groups is 1. The van der Waals surface area contributed by atoms with Crippen LogP contribution in [0.3, 0.4) is 0 Å². The SMILES string of the molecule is CCOc1cccc(-c2nn(-c3ccccc3)cc2/C=C2/SC(=S)N([C@@H]3CCS(=O)(=O)C3)C2=O)c1. The Morgan fingerprint density at radius 3 is 2.71 bits per heavy atom. The van der Waals surface area contributed by atoms with Gasteiger partial charge in [-0.2, -0.15) is 5.10 Å². The summed E-state index contributed by atoms with van der Waals surface area (Å²) in [6.45, 7) is 2.48. The predicted octanol–water partition coefficient (Wildman–Crippen LogP) is 4.33. The van der Waals surface area contributed by atoms with E-state index in [1.165, 1.54) is 16.7 Å². The molecule has 1 amide bonds. The fourth-order valence-corrected chi connectivity index (χ4v) is 7.34. The molecule has 3 heterocycles. The molecule has 2 aliphatic heterocycles. The second kappa shape index (κ2) is 9.60. The van der Waals surface area contributed by atoms with Gasteiger partial charge in [-0.25, -0.2) is 13.1 Å². The smallest absolute Gasteiger partial charge is 0.266 e. The summed E-state index contributed by atoms with van der Waals surface area (Å²) in [5, 5.41) is 4.82. The number of sulfone groups is 1. The van der Waals surface area contributed by atoms with Crippen molar-refractivity contribution < 1.29 is 17.9 Å². The zero-order valence-electron chi connectivity index (χ0n) is 19.0. The number of aromatic nitrogens is 2. The van der Waals surface area contributed by atoms with Crippen LogP contribution < -0.4 is 4.74 Å². The summed E-state index contributed by atoms with van der Waals surface area (Å²) in [6, 6.07) is 17.0. The van der Waals surface area contributed by atoms with E-state index < -0.39 is 15.9 Å². The molecule has 0 radical (unpaired) electrons. The number of hydrogen-bond acceptors (Lipinski definition) is 7. The van der Waals surface area contributed by atoms with Gasteiger partial charge in [0.1, 0.15) is 15.8 Å². The summed E-state index contributed by atoms with van der Waals surface area (Å²) in [5.41, 5.74) is 3.19. The van der Waals surface area contributed by atoms with Crippen LogP contribution in [0.4, 0.5) is 0 Å². The zero-order chi connectivity index (χ0) is 24.6. The molecular weight excluding hydrogens is 502 g/mol. The Balaban J connectivity index is 1.55. The first kappa shape index (κ1) is 23.8. The third kappa shape index (κ3) is 4.91. The number of benzene rings is 2. The molecule has 2 saturated heterocycles. The minimum absolute atomic E-state index is 0.0475. The monoisotopic (exact) mass is 525 g/mol. The van der Waals surface area contributed by atoms with Crippen molar-refractivity contribution in [1.29, 1.82) is 0 Å². The van der Waals surface area contributed by atoms with Gasteiger partial charge in [-0.3, -0.25) is 9.69 Å². The number of rotatable bonds is 6. The van der Waals surface area contributed by atoms with E-state index in [1.54, 1.807) is 10.8 Å².